The third kappa shape index (κ3) is 4.75. The highest BCUT2D eigenvalue weighted by atomic mass is 16.5. The molecule has 0 saturated carbocycles. The van der Waals surface area contributed by atoms with Crippen LogP contribution in [-0.4, -0.2) is 23.8 Å². The van der Waals surface area contributed by atoms with E-state index in [0.29, 0.717) is 17.7 Å². The van der Waals surface area contributed by atoms with Crippen LogP contribution in [0.5, 0.6) is 5.75 Å². The fourth-order valence-electron chi connectivity index (χ4n) is 3.23. The molecule has 5 heteroatoms. The molecule has 2 N–H and O–H groups in total. The minimum absolute atomic E-state index is 0.488. The van der Waals surface area contributed by atoms with Crippen molar-refractivity contribution in [3.05, 3.63) is 101 Å². The predicted molar refractivity (Wildman–Crippen MR) is 119 cm³/mol. The maximum Gasteiger partial charge on any atom is 0.281 e. The molecule has 0 saturated heterocycles. The second kappa shape index (κ2) is 9.37. The van der Waals surface area contributed by atoms with Crippen molar-refractivity contribution < 1.29 is 14.6 Å². The third-order valence-electron chi connectivity index (χ3n) is 4.77. The predicted octanol–water partition coefficient (Wildman–Crippen LogP) is 4.09. The lowest BCUT2D eigenvalue weighted by molar-refractivity contribution is -0.136. The van der Waals surface area contributed by atoms with Gasteiger partial charge in [0.15, 0.2) is 5.60 Å². The molecule has 3 aromatic rings. The number of carbonyl (C=O) groups is 1. The van der Waals surface area contributed by atoms with Crippen molar-refractivity contribution in [1.82, 2.24) is 5.43 Å². The van der Waals surface area contributed by atoms with Gasteiger partial charge < -0.3 is 9.84 Å². The lowest BCUT2D eigenvalue weighted by Gasteiger charge is -2.27. The largest absolute Gasteiger partial charge is 0.494 e. The van der Waals surface area contributed by atoms with Crippen LogP contribution in [0.3, 0.4) is 0 Å². The summed E-state index contributed by atoms with van der Waals surface area (Å²) in [6, 6.07) is 21.9. The zero-order valence-electron chi connectivity index (χ0n) is 17.4. The van der Waals surface area contributed by atoms with Gasteiger partial charge in [-0.3, -0.25) is 4.79 Å². The molecule has 5 nitrogen and oxygen atoms in total. The molecule has 3 aromatic carbocycles. The van der Waals surface area contributed by atoms with Crippen LogP contribution in [0.15, 0.2) is 77.9 Å². The highest BCUT2D eigenvalue weighted by Gasteiger charge is 2.40. The van der Waals surface area contributed by atoms with E-state index in [9.17, 15) is 9.90 Å². The van der Waals surface area contributed by atoms with Gasteiger partial charge in [-0.1, -0.05) is 59.7 Å². The lowest BCUT2D eigenvalue weighted by atomic mass is 9.84. The Hall–Kier alpha value is -3.44. The van der Waals surface area contributed by atoms with Crippen LogP contribution < -0.4 is 10.2 Å². The van der Waals surface area contributed by atoms with Crippen LogP contribution in [0.2, 0.25) is 0 Å². The first kappa shape index (κ1) is 21.3. The van der Waals surface area contributed by atoms with Gasteiger partial charge in [0.05, 0.1) is 12.8 Å². The first-order valence-corrected chi connectivity index (χ1v) is 9.86. The third-order valence-corrected chi connectivity index (χ3v) is 4.77. The zero-order valence-corrected chi connectivity index (χ0v) is 17.4. The topological polar surface area (TPSA) is 70.9 Å². The molecule has 0 atom stereocenters. The van der Waals surface area contributed by atoms with E-state index < -0.39 is 11.5 Å². The standard InChI is InChI=1S/C25H26N2O3/c1-4-30-23-13-11-20(12-14-23)17-26-27-24(28)25(29,21-9-5-7-18(2)15-21)22-10-6-8-19(3)16-22/h5-17,29H,4H2,1-3H3,(H,27,28)/b26-17-. The summed E-state index contributed by atoms with van der Waals surface area (Å²) in [6.45, 7) is 6.36. The van der Waals surface area contributed by atoms with Crippen LogP contribution in [-0.2, 0) is 10.4 Å². The van der Waals surface area contributed by atoms with E-state index >= 15 is 0 Å². The second-order valence-corrected chi connectivity index (χ2v) is 7.15. The summed E-state index contributed by atoms with van der Waals surface area (Å²) in [5, 5.41) is 15.6. The molecule has 0 spiro atoms. The number of benzene rings is 3. The summed E-state index contributed by atoms with van der Waals surface area (Å²) >= 11 is 0. The molecule has 0 aliphatic heterocycles. The Morgan fingerprint density at radius 3 is 2.07 bits per heavy atom. The van der Waals surface area contributed by atoms with Gasteiger partial charge in [-0.15, -0.1) is 0 Å². The van der Waals surface area contributed by atoms with Gasteiger partial charge in [-0.25, -0.2) is 5.43 Å². The SMILES string of the molecule is CCOc1ccc(/C=N\NC(=O)C(O)(c2cccc(C)c2)c2cccc(C)c2)cc1. The van der Waals surface area contributed by atoms with E-state index in [1.165, 1.54) is 6.21 Å². The molecule has 30 heavy (non-hydrogen) atoms. The highest BCUT2D eigenvalue weighted by Crippen LogP contribution is 2.31. The van der Waals surface area contributed by atoms with Gasteiger partial charge in [0.25, 0.3) is 5.91 Å². The molecule has 154 valence electrons. The minimum Gasteiger partial charge on any atom is -0.494 e. The lowest BCUT2D eigenvalue weighted by Crippen LogP contribution is -2.43. The Labute approximate surface area is 177 Å². The van der Waals surface area contributed by atoms with Gasteiger partial charge in [-0.05, 0) is 61.7 Å². The van der Waals surface area contributed by atoms with Crippen LogP contribution in [0.25, 0.3) is 0 Å². The van der Waals surface area contributed by atoms with E-state index in [-0.39, 0.29) is 0 Å². The number of amides is 1. The van der Waals surface area contributed by atoms with Gasteiger partial charge >= 0.3 is 0 Å². The normalized spacial score (nSPS) is 11.5. The van der Waals surface area contributed by atoms with Crippen molar-refractivity contribution in [3.8, 4) is 5.75 Å². The molecule has 0 fully saturated rings. The van der Waals surface area contributed by atoms with Gasteiger partial charge in [0.1, 0.15) is 5.75 Å². The van der Waals surface area contributed by atoms with Crippen molar-refractivity contribution in [2.24, 2.45) is 5.10 Å². The highest BCUT2D eigenvalue weighted by molar-refractivity contribution is 5.91. The van der Waals surface area contributed by atoms with Gasteiger partial charge in [0, 0.05) is 0 Å². The van der Waals surface area contributed by atoms with Gasteiger partial charge in [-0.2, -0.15) is 5.10 Å². The maximum absolute atomic E-state index is 13.1. The summed E-state index contributed by atoms with van der Waals surface area (Å²) in [4.78, 5) is 13.1. The Balaban J connectivity index is 1.87. The second-order valence-electron chi connectivity index (χ2n) is 7.15. The summed E-state index contributed by atoms with van der Waals surface area (Å²) in [5.41, 5.74) is 4.30. The minimum atomic E-state index is -1.87. The van der Waals surface area contributed by atoms with Crippen LogP contribution >= 0.6 is 0 Å². The van der Waals surface area contributed by atoms with Gasteiger partial charge in [0.2, 0.25) is 0 Å². The van der Waals surface area contributed by atoms with E-state index in [0.717, 1.165) is 22.4 Å². The summed E-state index contributed by atoms with van der Waals surface area (Å²) < 4.78 is 5.42. The Morgan fingerprint density at radius 1 is 1.00 bits per heavy atom. The van der Waals surface area contributed by atoms with Crippen molar-refractivity contribution in [1.29, 1.82) is 0 Å². The molecule has 0 aliphatic carbocycles. The average Bonchev–Trinajstić information content (AvgIpc) is 2.74. The molecule has 1 amide bonds. The summed E-state index contributed by atoms with van der Waals surface area (Å²) in [6.07, 6.45) is 1.53. The number of rotatable bonds is 7. The number of ether oxygens (including phenoxy) is 1. The Bertz CT molecular complexity index is 997. The van der Waals surface area contributed by atoms with E-state index in [4.69, 9.17) is 4.74 Å². The Kier molecular flexibility index (Phi) is 6.65. The molecule has 3 rings (SSSR count). The summed E-state index contributed by atoms with van der Waals surface area (Å²) in [7, 11) is 0. The number of hydrogen-bond acceptors (Lipinski definition) is 4. The zero-order chi connectivity index (χ0) is 21.6. The maximum atomic E-state index is 13.1. The number of nitrogens with one attached hydrogen (secondary N) is 1. The quantitative estimate of drug-likeness (QED) is 0.462. The molecule has 0 aliphatic rings. The van der Waals surface area contributed by atoms with Crippen molar-refractivity contribution in [3.63, 3.8) is 0 Å². The molecule has 0 radical (unpaired) electrons. The summed E-state index contributed by atoms with van der Waals surface area (Å²) in [5.74, 6) is 0.146. The number of hydrogen-bond donors (Lipinski definition) is 2. The number of nitrogens with zero attached hydrogens (tertiary/aromatic N) is 1. The molecule has 0 unspecified atom stereocenters. The first-order chi connectivity index (χ1) is 14.4. The molecular weight excluding hydrogens is 376 g/mol. The van der Waals surface area contributed by atoms with Crippen LogP contribution in [0.1, 0.15) is 34.7 Å². The molecular formula is C25H26N2O3. The average molecular weight is 402 g/mol. The van der Waals surface area contributed by atoms with Crippen molar-refractivity contribution in [2.45, 2.75) is 26.4 Å². The first-order valence-electron chi connectivity index (χ1n) is 9.86. The number of carbonyl (C=O) groups excluding carboxylic acids is 1. The van der Waals surface area contributed by atoms with Crippen LogP contribution in [0, 0.1) is 13.8 Å². The fourth-order valence-corrected chi connectivity index (χ4v) is 3.23. The van der Waals surface area contributed by atoms with E-state index in [1.807, 2.05) is 69.3 Å². The fraction of sp³-hybridized carbons (Fsp3) is 0.200. The number of aliphatic hydroxyl groups is 1. The molecule has 0 bridgehead atoms. The number of aryl methyl sites for hydroxylation is 2. The number of hydrazone groups is 1. The smallest absolute Gasteiger partial charge is 0.281 e. The monoisotopic (exact) mass is 402 g/mol. The molecule has 0 heterocycles. The van der Waals surface area contributed by atoms with Crippen LogP contribution in [0.4, 0.5) is 0 Å². The van der Waals surface area contributed by atoms with Crippen molar-refractivity contribution in [2.75, 3.05) is 6.61 Å². The molecule has 0 aromatic heterocycles. The van der Waals surface area contributed by atoms with Crippen molar-refractivity contribution >= 4 is 12.1 Å². The Morgan fingerprint density at radius 2 is 1.57 bits per heavy atom. The van der Waals surface area contributed by atoms with E-state index in [2.05, 4.69) is 10.5 Å². The van der Waals surface area contributed by atoms with E-state index in [1.54, 1.807) is 24.3 Å².